The number of aromatic nitrogens is 1. The summed E-state index contributed by atoms with van der Waals surface area (Å²) in [6.07, 6.45) is 1.34. The number of rotatable bonds is 5. The summed E-state index contributed by atoms with van der Waals surface area (Å²) in [5.74, 6) is -1.09. The van der Waals surface area contributed by atoms with Crippen LogP contribution >= 0.6 is 11.3 Å². The van der Waals surface area contributed by atoms with Crippen LogP contribution in [0.4, 0.5) is 8.78 Å². The molecule has 0 unspecified atom stereocenters. The third-order valence-electron chi connectivity index (χ3n) is 2.51. The summed E-state index contributed by atoms with van der Waals surface area (Å²) < 4.78 is 26.1. The molecule has 1 heterocycles. The number of nitrogens with zero attached hydrogens (tertiary/aromatic N) is 1. The first-order valence-electron chi connectivity index (χ1n) is 5.70. The minimum atomic E-state index is -0.544. The summed E-state index contributed by atoms with van der Waals surface area (Å²) in [5.41, 5.74) is 1.63. The minimum absolute atomic E-state index is 0.471. The van der Waals surface area contributed by atoms with Gasteiger partial charge in [0.15, 0.2) is 0 Å². The van der Waals surface area contributed by atoms with E-state index in [1.165, 1.54) is 23.5 Å². The molecule has 1 N–H and O–H groups in total. The predicted octanol–water partition coefficient (Wildman–Crippen LogP) is 2.77. The van der Waals surface area contributed by atoms with Crippen LogP contribution in [0.15, 0.2) is 23.6 Å². The lowest BCUT2D eigenvalue weighted by molar-refractivity contribution is 0.580. The SMILES string of the molecule is CNCCc1csc(Cc2cc(F)cc(F)c2)n1. The fourth-order valence-electron chi connectivity index (χ4n) is 1.69. The molecule has 2 rings (SSSR count). The van der Waals surface area contributed by atoms with E-state index >= 15 is 0 Å². The topological polar surface area (TPSA) is 24.9 Å². The van der Waals surface area contributed by atoms with Gasteiger partial charge in [-0.15, -0.1) is 11.3 Å². The largest absolute Gasteiger partial charge is 0.319 e. The van der Waals surface area contributed by atoms with Gasteiger partial charge in [-0.3, -0.25) is 0 Å². The second kappa shape index (κ2) is 6.02. The van der Waals surface area contributed by atoms with Gasteiger partial charge >= 0.3 is 0 Å². The van der Waals surface area contributed by atoms with Crippen LogP contribution in [0.3, 0.4) is 0 Å². The van der Waals surface area contributed by atoms with Gasteiger partial charge in [0.1, 0.15) is 11.6 Å². The first-order chi connectivity index (χ1) is 8.67. The number of hydrogen-bond donors (Lipinski definition) is 1. The molecule has 96 valence electrons. The van der Waals surface area contributed by atoms with E-state index in [1.54, 1.807) is 0 Å². The zero-order valence-corrected chi connectivity index (χ0v) is 10.9. The van der Waals surface area contributed by atoms with Crippen LogP contribution in [-0.2, 0) is 12.8 Å². The Morgan fingerprint density at radius 2 is 1.94 bits per heavy atom. The molecule has 2 aromatic rings. The Morgan fingerprint density at radius 3 is 2.61 bits per heavy atom. The first kappa shape index (κ1) is 13.1. The normalized spacial score (nSPS) is 10.8. The van der Waals surface area contributed by atoms with Crippen molar-refractivity contribution in [2.45, 2.75) is 12.8 Å². The maximum atomic E-state index is 13.0. The van der Waals surface area contributed by atoms with E-state index < -0.39 is 11.6 Å². The van der Waals surface area contributed by atoms with Gasteiger partial charge in [0.05, 0.1) is 10.7 Å². The van der Waals surface area contributed by atoms with E-state index in [0.29, 0.717) is 12.0 Å². The Kier molecular flexibility index (Phi) is 4.38. The van der Waals surface area contributed by atoms with Crippen molar-refractivity contribution < 1.29 is 8.78 Å². The summed E-state index contributed by atoms with van der Waals surface area (Å²) in [5, 5.41) is 5.92. The van der Waals surface area contributed by atoms with E-state index in [0.717, 1.165) is 29.7 Å². The Hall–Kier alpha value is -1.33. The molecule has 1 aromatic heterocycles. The molecule has 0 radical (unpaired) electrons. The van der Waals surface area contributed by atoms with Crippen LogP contribution in [0.25, 0.3) is 0 Å². The molecule has 18 heavy (non-hydrogen) atoms. The Bertz CT molecular complexity index is 505. The average Bonchev–Trinajstić information content (AvgIpc) is 2.72. The molecule has 0 aliphatic carbocycles. The molecule has 0 bridgehead atoms. The number of halogens is 2. The van der Waals surface area contributed by atoms with Gasteiger partial charge < -0.3 is 5.32 Å². The maximum Gasteiger partial charge on any atom is 0.126 e. The van der Waals surface area contributed by atoms with Crippen molar-refractivity contribution in [2.24, 2.45) is 0 Å². The lowest BCUT2D eigenvalue weighted by atomic mass is 10.1. The number of thiazole rings is 1. The van der Waals surface area contributed by atoms with Gasteiger partial charge in [-0.05, 0) is 24.7 Å². The standard InChI is InChI=1S/C13H14F2N2S/c1-16-3-2-12-8-18-13(17-12)6-9-4-10(14)7-11(15)5-9/h4-5,7-8,16H,2-3,6H2,1H3. The van der Waals surface area contributed by atoms with Crippen LogP contribution in [0.5, 0.6) is 0 Å². The highest BCUT2D eigenvalue weighted by molar-refractivity contribution is 7.09. The molecule has 0 saturated carbocycles. The van der Waals surface area contributed by atoms with Crippen LogP contribution in [0.1, 0.15) is 16.3 Å². The van der Waals surface area contributed by atoms with Gasteiger partial charge in [0.25, 0.3) is 0 Å². The number of benzene rings is 1. The van der Waals surface area contributed by atoms with Crippen LogP contribution in [0, 0.1) is 11.6 Å². The minimum Gasteiger partial charge on any atom is -0.319 e. The van der Waals surface area contributed by atoms with Crippen molar-refractivity contribution in [3.8, 4) is 0 Å². The van der Waals surface area contributed by atoms with Crippen molar-refractivity contribution in [3.05, 3.63) is 51.5 Å². The molecular weight excluding hydrogens is 254 g/mol. The predicted molar refractivity (Wildman–Crippen MR) is 68.9 cm³/mol. The van der Waals surface area contributed by atoms with Gasteiger partial charge in [-0.2, -0.15) is 0 Å². The van der Waals surface area contributed by atoms with Gasteiger partial charge in [0, 0.05) is 30.8 Å². The lowest BCUT2D eigenvalue weighted by Gasteiger charge is -1.99. The maximum absolute atomic E-state index is 13.0. The second-order valence-electron chi connectivity index (χ2n) is 4.04. The first-order valence-corrected chi connectivity index (χ1v) is 6.58. The molecule has 0 saturated heterocycles. The van der Waals surface area contributed by atoms with E-state index in [4.69, 9.17) is 0 Å². The molecule has 0 fully saturated rings. The smallest absolute Gasteiger partial charge is 0.126 e. The highest BCUT2D eigenvalue weighted by Gasteiger charge is 2.06. The second-order valence-corrected chi connectivity index (χ2v) is 4.98. The monoisotopic (exact) mass is 268 g/mol. The highest BCUT2D eigenvalue weighted by Crippen LogP contribution is 2.17. The summed E-state index contributed by atoms with van der Waals surface area (Å²) in [7, 11) is 1.89. The number of hydrogen-bond acceptors (Lipinski definition) is 3. The van der Waals surface area contributed by atoms with Crippen LogP contribution in [-0.4, -0.2) is 18.6 Å². The third-order valence-corrected chi connectivity index (χ3v) is 3.41. The quantitative estimate of drug-likeness (QED) is 0.902. The molecule has 0 amide bonds. The summed E-state index contributed by atoms with van der Waals surface area (Å²) in [4.78, 5) is 4.44. The summed E-state index contributed by atoms with van der Waals surface area (Å²) in [6, 6.07) is 3.57. The fourth-order valence-corrected chi connectivity index (χ4v) is 2.55. The summed E-state index contributed by atoms with van der Waals surface area (Å²) >= 11 is 1.52. The van der Waals surface area contributed by atoms with Crippen molar-refractivity contribution in [3.63, 3.8) is 0 Å². The zero-order chi connectivity index (χ0) is 13.0. The van der Waals surface area contributed by atoms with Crippen molar-refractivity contribution in [2.75, 3.05) is 13.6 Å². The molecule has 0 atom stereocenters. The molecule has 2 nitrogen and oxygen atoms in total. The number of nitrogens with one attached hydrogen (secondary N) is 1. The summed E-state index contributed by atoms with van der Waals surface area (Å²) in [6.45, 7) is 0.873. The highest BCUT2D eigenvalue weighted by atomic mass is 32.1. The van der Waals surface area contributed by atoms with Gasteiger partial charge in [0.2, 0.25) is 0 Å². The number of likely N-dealkylation sites (N-methyl/N-ethyl adjacent to an activating group) is 1. The Morgan fingerprint density at radius 1 is 1.22 bits per heavy atom. The lowest BCUT2D eigenvalue weighted by Crippen LogP contribution is -2.10. The molecule has 0 aliphatic rings. The Balaban J connectivity index is 2.06. The van der Waals surface area contributed by atoms with E-state index in [9.17, 15) is 8.78 Å². The molecular formula is C13H14F2N2S. The van der Waals surface area contributed by atoms with E-state index in [-0.39, 0.29) is 0 Å². The van der Waals surface area contributed by atoms with Crippen molar-refractivity contribution in [1.82, 2.24) is 10.3 Å². The van der Waals surface area contributed by atoms with Gasteiger partial charge in [-0.1, -0.05) is 0 Å². The third kappa shape index (κ3) is 3.58. The molecule has 0 spiro atoms. The van der Waals surface area contributed by atoms with Crippen LogP contribution in [0.2, 0.25) is 0 Å². The molecule has 1 aromatic carbocycles. The van der Waals surface area contributed by atoms with Crippen LogP contribution < -0.4 is 5.32 Å². The zero-order valence-electron chi connectivity index (χ0n) is 10.0. The van der Waals surface area contributed by atoms with E-state index in [2.05, 4.69) is 10.3 Å². The average molecular weight is 268 g/mol. The van der Waals surface area contributed by atoms with Crippen molar-refractivity contribution in [1.29, 1.82) is 0 Å². The van der Waals surface area contributed by atoms with Crippen molar-refractivity contribution >= 4 is 11.3 Å². The molecule has 0 aliphatic heterocycles. The fraction of sp³-hybridized carbons (Fsp3) is 0.308. The van der Waals surface area contributed by atoms with Gasteiger partial charge in [-0.25, -0.2) is 13.8 Å². The molecule has 5 heteroatoms. The Labute approximate surface area is 109 Å². The van der Waals surface area contributed by atoms with E-state index in [1.807, 2.05) is 12.4 Å².